The van der Waals surface area contributed by atoms with Gasteiger partial charge in [-0.3, -0.25) is 0 Å². The van der Waals surface area contributed by atoms with Crippen molar-refractivity contribution in [3.8, 4) is 0 Å². The Hall–Kier alpha value is 0.310. The van der Waals surface area contributed by atoms with Gasteiger partial charge in [0.25, 0.3) is 0 Å². The van der Waals surface area contributed by atoms with Crippen molar-refractivity contribution in [2.75, 3.05) is 18.6 Å². The van der Waals surface area contributed by atoms with Crippen LogP contribution in [0.15, 0.2) is 0 Å². The monoisotopic (exact) mass is 243 g/mol. The summed E-state index contributed by atoms with van der Waals surface area (Å²) in [5, 5.41) is 3.72. The van der Waals surface area contributed by atoms with E-state index in [1.807, 2.05) is 11.8 Å². The normalized spacial score (nSPS) is 23.8. The number of nitrogens with one attached hydrogen (secondary N) is 1. The molecule has 0 aromatic carbocycles. The fourth-order valence-electron chi connectivity index (χ4n) is 2.64. The predicted octanol–water partition coefficient (Wildman–Crippen LogP) is 4.08. The Morgan fingerprint density at radius 3 is 2.56 bits per heavy atom. The lowest BCUT2D eigenvalue weighted by Gasteiger charge is -2.17. The lowest BCUT2D eigenvalue weighted by atomic mass is 9.92. The Labute approximate surface area is 106 Å². The number of rotatable bonds is 8. The van der Waals surface area contributed by atoms with E-state index in [-0.39, 0.29) is 0 Å². The van der Waals surface area contributed by atoms with E-state index in [9.17, 15) is 0 Å². The molecule has 0 aliphatic heterocycles. The zero-order valence-corrected chi connectivity index (χ0v) is 12.2. The summed E-state index contributed by atoms with van der Waals surface area (Å²) < 4.78 is 0. The molecule has 1 unspecified atom stereocenters. The molecule has 1 nitrogen and oxygen atoms in total. The largest absolute Gasteiger partial charge is 0.314 e. The molecule has 96 valence electrons. The second-order valence-electron chi connectivity index (χ2n) is 5.97. The molecular formula is C14H29NS. The van der Waals surface area contributed by atoms with Crippen LogP contribution in [0.4, 0.5) is 0 Å². The van der Waals surface area contributed by atoms with Gasteiger partial charge in [0, 0.05) is 6.04 Å². The highest BCUT2D eigenvalue weighted by molar-refractivity contribution is 7.98. The first-order valence-corrected chi connectivity index (χ1v) is 8.26. The van der Waals surface area contributed by atoms with Crippen molar-refractivity contribution in [3.63, 3.8) is 0 Å². The summed E-state index contributed by atoms with van der Waals surface area (Å²) in [4.78, 5) is 0. The first kappa shape index (κ1) is 14.4. The summed E-state index contributed by atoms with van der Waals surface area (Å²) in [5.74, 6) is 1.34. The molecule has 0 spiro atoms. The molecule has 1 aliphatic rings. The topological polar surface area (TPSA) is 12.0 Å². The van der Waals surface area contributed by atoms with Crippen LogP contribution in [0.3, 0.4) is 0 Å². The Morgan fingerprint density at radius 1 is 1.19 bits per heavy atom. The van der Waals surface area contributed by atoms with Gasteiger partial charge in [-0.25, -0.2) is 0 Å². The third kappa shape index (κ3) is 6.15. The smallest absolute Gasteiger partial charge is 0.00723 e. The van der Waals surface area contributed by atoms with Gasteiger partial charge >= 0.3 is 0 Å². The minimum absolute atomic E-state index is 0.593. The number of hydrogen-bond acceptors (Lipinski definition) is 2. The van der Waals surface area contributed by atoms with Gasteiger partial charge in [0.1, 0.15) is 0 Å². The van der Waals surface area contributed by atoms with E-state index in [2.05, 4.69) is 25.4 Å². The molecule has 1 saturated carbocycles. The highest BCUT2D eigenvalue weighted by atomic mass is 32.2. The zero-order valence-electron chi connectivity index (χ0n) is 11.3. The standard InChI is InChI=1S/C14H29NS/c1-14(2)9-8-13(12-14)15-10-6-4-5-7-11-16-3/h13,15H,4-12H2,1-3H3. The summed E-state index contributed by atoms with van der Waals surface area (Å²) in [7, 11) is 0. The van der Waals surface area contributed by atoms with Crippen LogP contribution in [-0.4, -0.2) is 24.6 Å². The van der Waals surface area contributed by atoms with Gasteiger partial charge in [0.15, 0.2) is 0 Å². The molecule has 1 N–H and O–H groups in total. The van der Waals surface area contributed by atoms with Gasteiger partial charge in [0.2, 0.25) is 0 Å². The maximum absolute atomic E-state index is 3.72. The summed E-state index contributed by atoms with van der Waals surface area (Å²) >= 11 is 1.97. The fourth-order valence-corrected chi connectivity index (χ4v) is 3.13. The zero-order chi connectivity index (χ0) is 11.9. The Kier molecular flexibility index (Phi) is 6.83. The molecule has 0 aromatic rings. The molecule has 1 fully saturated rings. The molecule has 0 aromatic heterocycles. The Bertz CT molecular complexity index is 180. The van der Waals surface area contributed by atoms with Gasteiger partial charge in [-0.1, -0.05) is 26.7 Å². The first-order chi connectivity index (χ1) is 7.64. The summed E-state index contributed by atoms with van der Waals surface area (Å²) in [6, 6.07) is 0.807. The van der Waals surface area contributed by atoms with Gasteiger partial charge in [0.05, 0.1) is 0 Å². The van der Waals surface area contributed by atoms with E-state index in [1.54, 1.807) is 0 Å². The highest BCUT2D eigenvalue weighted by Gasteiger charge is 2.30. The van der Waals surface area contributed by atoms with E-state index >= 15 is 0 Å². The molecule has 2 heteroatoms. The minimum Gasteiger partial charge on any atom is -0.314 e. The van der Waals surface area contributed by atoms with E-state index < -0.39 is 0 Å². The summed E-state index contributed by atoms with van der Waals surface area (Å²) in [5.41, 5.74) is 0.593. The fraction of sp³-hybridized carbons (Fsp3) is 1.00. The van der Waals surface area contributed by atoms with Crippen molar-refractivity contribution < 1.29 is 0 Å². The molecule has 0 amide bonds. The average Bonchev–Trinajstić information content (AvgIpc) is 2.57. The summed E-state index contributed by atoms with van der Waals surface area (Å²) in [6.45, 7) is 6.04. The van der Waals surface area contributed by atoms with Crippen molar-refractivity contribution in [1.82, 2.24) is 5.32 Å². The maximum atomic E-state index is 3.72. The Morgan fingerprint density at radius 2 is 1.94 bits per heavy atom. The van der Waals surface area contributed by atoms with E-state index in [0.29, 0.717) is 5.41 Å². The molecule has 1 atom stereocenters. The quantitative estimate of drug-likeness (QED) is 0.645. The van der Waals surface area contributed by atoms with Gasteiger partial charge in [-0.2, -0.15) is 11.8 Å². The van der Waals surface area contributed by atoms with E-state index in [0.717, 1.165) is 6.04 Å². The summed E-state index contributed by atoms with van der Waals surface area (Å²) in [6.07, 6.45) is 12.0. The molecule has 0 bridgehead atoms. The molecule has 0 radical (unpaired) electrons. The number of thioether (sulfide) groups is 1. The van der Waals surface area contributed by atoms with Crippen LogP contribution in [0.1, 0.15) is 58.8 Å². The van der Waals surface area contributed by atoms with E-state index in [1.165, 1.54) is 57.2 Å². The van der Waals surface area contributed by atoms with Crippen LogP contribution >= 0.6 is 11.8 Å². The Balaban J connectivity index is 1.88. The van der Waals surface area contributed by atoms with Crippen molar-refractivity contribution in [2.45, 2.75) is 64.8 Å². The van der Waals surface area contributed by atoms with E-state index in [4.69, 9.17) is 0 Å². The first-order valence-electron chi connectivity index (χ1n) is 6.86. The maximum Gasteiger partial charge on any atom is 0.00723 e. The molecule has 1 rings (SSSR count). The second kappa shape index (κ2) is 7.60. The van der Waals surface area contributed by atoms with Crippen molar-refractivity contribution in [1.29, 1.82) is 0 Å². The van der Waals surface area contributed by atoms with Crippen LogP contribution in [-0.2, 0) is 0 Å². The SMILES string of the molecule is CSCCCCCCNC1CCC(C)(C)C1. The van der Waals surface area contributed by atoms with Crippen molar-refractivity contribution in [2.24, 2.45) is 5.41 Å². The average molecular weight is 243 g/mol. The third-order valence-electron chi connectivity index (χ3n) is 3.68. The van der Waals surface area contributed by atoms with Crippen LogP contribution in [0.25, 0.3) is 0 Å². The second-order valence-corrected chi connectivity index (χ2v) is 6.95. The molecule has 0 heterocycles. The molecule has 0 saturated heterocycles. The minimum atomic E-state index is 0.593. The van der Waals surface area contributed by atoms with Crippen molar-refractivity contribution in [3.05, 3.63) is 0 Å². The van der Waals surface area contributed by atoms with Crippen molar-refractivity contribution >= 4 is 11.8 Å². The van der Waals surface area contributed by atoms with Crippen LogP contribution in [0.5, 0.6) is 0 Å². The molecule has 16 heavy (non-hydrogen) atoms. The van der Waals surface area contributed by atoms with Gasteiger partial charge in [-0.15, -0.1) is 0 Å². The van der Waals surface area contributed by atoms with Crippen LogP contribution in [0.2, 0.25) is 0 Å². The molecular weight excluding hydrogens is 214 g/mol. The highest BCUT2D eigenvalue weighted by Crippen LogP contribution is 2.36. The number of unbranched alkanes of at least 4 members (excludes halogenated alkanes) is 3. The molecule has 1 aliphatic carbocycles. The van der Waals surface area contributed by atoms with Crippen LogP contribution < -0.4 is 5.32 Å². The predicted molar refractivity (Wildman–Crippen MR) is 76.3 cm³/mol. The lowest BCUT2D eigenvalue weighted by Crippen LogP contribution is -2.28. The van der Waals surface area contributed by atoms with Gasteiger partial charge in [-0.05, 0) is 56.1 Å². The lowest BCUT2D eigenvalue weighted by molar-refractivity contribution is 0.363. The number of hydrogen-bond donors (Lipinski definition) is 1. The van der Waals surface area contributed by atoms with Gasteiger partial charge < -0.3 is 5.32 Å². The van der Waals surface area contributed by atoms with Crippen LogP contribution in [0, 0.1) is 5.41 Å². The third-order valence-corrected chi connectivity index (χ3v) is 4.37.